The fourth-order valence-corrected chi connectivity index (χ4v) is 2.48. The average molecular weight is 271 g/mol. The second-order valence-electron chi connectivity index (χ2n) is 3.25. The molecule has 0 atom stereocenters. The number of halogens is 1. The number of nitrogens with one attached hydrogen (secondary N) is 1. The summed E-state index contributed by atoms with van der Waals surface area (Å²) in [7, 11) is -3.37. The molecule has 0 heterocycles. The third kappa shape index (κ3) is 6.30. The van der Waals surface area contributed by atoms with Gasteiger partial charge in [-0.15, -0.1) is 11.6 Å². The van der Waals surface area contributed by atoms with E-state index in [-0.39, 0.29) is 18.2 Å². The lowest BCUT2D eigenvalue weighted by molar-refractivity contribution is -0.129. The number of hydrogen-bond acceptors (Lipinski definition) is 3. The van der Waals surface area contributed by atoms with E-state index in [9.17, 15) is 13.2 Å². The lowest BCUT2D eigenvalue weighted by Gasteiger charge is -2.18. The van der Waals surface area contributed by atoms with Gasteiger partial charge in [0, 0.05) is 19.0 Å². The van der Waals surface area contributed by atoms with Crippen LogP contribution >= 0.6 is 11.6 Å². The van der Waals surface area contributed by atoms with Gasteiger partial charge in [-0.3, -0.25) is 4.79 Å². The molecule has 0 saturated carbocycles. The maximum atomic E-state index is 11.5. The maximum absolute atomic E-state index is 11.5. The molecule has 0 bridgehead atoms. The predicted molar refractivity (Wildman–Crippen MR) is 65.1 cm³/mol. The number of amides is 1. The van der Waals surface area contributed by atoms with Crippen molar-refractivity contribution >= 4 is 27.5 Å². The first-order valence-corrected chi connectivity index (χ1v) is 7.46. The Kier molecular flexibility index (Phi) is 7.70. The molecule has 16 heavy (non-hydrogen) atoms. The van der Waals surface area contributed by atoms with Gasteiger partial charge in [-0.25, -0.2) is 13.1 Å². The number of hydrogen-bond donors (Lipinski definition) is 1. The van der Waals surface area contributed by atoms with Gasteiger partial charge < -0.3 is 4.90 Å². The van der Waals surface area contributed by atoms with E-state index in [1.54, 1.807) is 4.90 Å². The van der Waals surface area contributed by atoms with Crippen molar-refractivity contribution in [2.45, 2.75) is 20.3 Å². The van der Waals surface area contributed by atoms with Crippen molar-refractivity contribution in [1.82, 2.24) is 9.62 Å². The van der Waals surface area contributed by atoms with E-state index in [2.05, 4.69) is 4.72 Å². The fourth-order valence-electron chi connectivity index (χ4n) is 1.18. The molecule has 0 radical (unpaired) electrons. The monoisotopic (exact) mass is 270 g/mol. The molecule has 96 valence electrons. The number of rotatable bonds is 8. The number of likely N-dealkylation sites (N-methyl/N-ethyl adjacent to an activating group) is 1. The Morgan fingerprint density at radius 2 is 1.88 bits per heavy atom. The number of sulfonamides is 1. The minimum Gasteiger partial charge on any atom is -0.342 e. The van der Waals surface area contributed by atoms with Gasteiger partial charge in [0.1, 0.15) is 0 Å². The van der Waals surface area contributed by atoms with Gasteiger partial charge in [0.05, 0.1) is 12.3 Å². The van der Waals surface area contributed by atoms with Crippen LogP contribution in [0.2, 0.25) is 0 Å². The summed E-state index contributed by atoms with van der Waals surface area (Å²) < 4.78 is 25.0. The molecule has 0 aliphatic carbocycles. The molecule has 0 aromatic heterocycles. The maximum Gasteiger partial charge on any atom is 0.237 e. The Labute approximate surface area is 102 Å². The Balaban J connectivity index is 4.08. The Morgan fingerprint density at radius 1 is 1.31 bits per heavy atom. The van der Waals surface area contributed by atoms with Crippen LogP contribution in [0.4, 0.5) is 0 Å². The lowest BCUT2D eigenvalue weighted by atomic mass is 10.4. The highest BCUT2D eigenvalue weighted by atomic mass is 35.5. The number of carbonyl (C=O) groups excluding carboxylic acids is 1. The van der Waals surface area contributed by atoms with Crippen LogP contribution in [0, 0.1) is 0 Å². The highest BCUT2D eigenvalue weighted by molar-refractivity contribution is 7.89. The SMILES string of the molecule is CCN(CC)C(=O)CNS(=O)(=O)CCCCl. The van der Waals surface area contributed by atoms with E-state index in [0.29, 0.717) is 25.4 Å². The highest BCUT2D eigenvalue weighted by Gasteiger charge is 2.14. The molecular formula is C9H19ClN2O3S. The molecule has 0 fully saturated rings. The van der Waals surface area contributed by atoms with Crippen molar-refractivity contribution in [1.29, 1.82) is 0 Å². The number of alkyl halides is 1. The number of carbonyl (C=O) groups is 1. The molecule has 0 saturated heterocycles. The lowest BCUT2D eigenvalue weighted by Crippen LogP contribution is -2.40. The van der Waals surface area contributed by atoms with Gasteiger partial charge in [-0.05, 0) is 20.3 Å². The van der Waals surface area contributed by atoms with Crippen molar-refractivity contribution < 1.29 is 13.2 Å². The summed E-state index contributed by atoms with van der Waals surface area (Å²) in [5.74, 6) is 0.0480. The summed E-state index contributed by atoms with van der Waals surface area (Å²) in [5, 5.41) is 0. The van der Waals surface area contributed by atoms with Gasteiger partial charge in [-0.1, -0.05) is 0 Å². The highest BCUT2D eigenvalue weighted by Crippen LogP contribution is 1.93. The van der Waals surface area contributed by atoms with Crippen molar-refractivity contribution in [3.05, 3.63) is 0 Å². The molecule has 5 nitrogen and oxygen atoms in total. The van der Waals surface area contributed by atoms with Gasteiger partial charge in [0.15, 0.2) is 0 Å². The Bertz CT molecular complexity index is 302. The molecule has 0 spiro atoms. The minimum atomic E-state index is -3.37. The van der Waals surface area contributed by atoms with Crippen LogP contribution in [0.25, 0.3) is 0 Å². The zero-order chi connectivity index (χ0) is 12.6. The molecule has 0 rings (SSSR count). The summed E-state index contributed by atoms with van der Waals surface area (Å²) in [4.78, 5) is 13.1. The van der Waals surface area contributed by atoms with Gasteiger partial charge >= 0.3 is 0 Å². The van der Waals surface area contributed by atoms with Crippen molar-refractivity contribution in [2.24, 2.45) is 0 Å². The summed E-state index contributed by atoms with van der Waals surface area (Å²) in [6.07, 6.45) is 0.385. The van der Waals surface area contributed by atoms with E-state index < -0.39 is 10.0 Å². The summed E-state index contributed by atoms with van der Waals surface area (Å²) in [6, 6.07) is 0. The second-order valence-corrected chi connectivity index (χ2v) is 5.55. The molecule has 7 heteroatoms. The van der Waals surface area contributed by atoms with E-state index >= 15 is 0 Å². The van der Waals surface area contributed by atoms with E-state index in [4.69, 9.17) is 11.6 Å². The topological polar surface area (TPSA) is 66.5 Å². The first-order chi connectivity index (χ1) is 7.46. The number of nitrogens with zero attached hydrogens (tertiary/aromatic N) is 1. The quantitative estimate of drug-likeness (QED) is 0.650. The molecule has 0 aromatic rings. The molecule has 0 aliphatic heterocycles. The first-order valence-electron chi connectivity index (χ1n) is 5.27. The van der Waals surface area contributed by atoms with Crippen LogP contribution < -0.4 is 4.72 Å². The Hall–Kier alpha value is -0.330. The van der Waals surface area contributed by atoms with Gasteiger partial charge in [0.25, 0.3) is 0 Å². The van der Waals surface area contributed by atoms with Crippen LogP contribution in [0.1, 0.15) is 20.3 Å². The van der Waals surface area contributed by atoms with E-state index in [1.165, 1.54) is 0 Å². The molecule has 0 unspecified atom stereocenters. The summed E-state index contributed by atoms with van der Waals surface area (Å²) in [6.45, 7) is 4.69. The van der Waals surface area contributed by atoms with Crippen LogP contribution in [-0.2, 0) is 14.8 Å². The standard InChI is InChI=1S/C9H19ClN2O3S/c1-3-12(4-2)9(13)8-11-16(14,15)7-5-6-10/h11H,3-8H2,1-2H3. The third-order valence-electron chi connectivity index (χ3n) is 2.11. The van der Waals surface area contributed by atoms with Crippen LogP contribution in [-0.4, -0.2) is 50.5 Å². The molecular weight excluding hydrogens is 252 g/mol. The van der Waals surface area contributed by atoms with E-state index in [1.807, 2.05) is 13.8 Å². The average Bonchev–Trinajstić information content (AvgIpc) is 2.25. The van der Waals surface area contributed by atoms with Gasteiger partial charge in [-0.2, -0.15) is 0 Å². The molecule has 1 N–H and O–H groups in total. The minimum absolute atomic E-state index is 0.0397. The molecule has 0 aliphatic rings. The van der Waals surface area contributed by atoms with Crippen molar-refractivity contribution in [2.75, 3.05) is 31.3 Å². The van der Waals surface area contributed by atoms with Crippen molar-refractivity contribution in [3.63, 3.8) is 0 Å². The van der Waals surface area contributed by atoms with Gasteiger partial charge in [0.2, 0.25) is 15.9 Å². The van der Waals surface area contributed by atoms with Crippen molar-refractivity contribution in [3.8, 4) is 0 Å². The second kappa shape index (κ2) is 7.86. The third-order valence-corrected chi connectivity index (χ3v) is 3.78. The fraction of sp³-hybridized carbons (Fsp3) is 0.889. The Morgan fingerprint density at radius 3 is 2.31 bits per heavy atom. The zero-order valence-corrected chi connectivity index (χ0v) is 11.3. The van der Waals surface area contributed by atoms with Crippen LogP contribution in [0.15, 0.2) is 0 Å². The van der Waals surface area contributed by atoms with E-state index in [0.717, 1.165) is 0 Å². The normalized spacial score (nSPS) is 11.4. The molecule has 0 aromatic carbocycles. The summed E-state index contributed by atoms with van der Waals surface area (Å²) >= 11 is 5.40. The smallest absolute Gasteiger partial charge is 0.237 e. The zero-order valence-electron chi connectivity index (χ0n) is 9.70. The molecule has 1 amide bonds. The predicted octanol–water partition coefficient (Wildman–Crippen LogP) is 0.403. The summed E-state index contributed by atoms with van der Waals surface area (Å²) in [5.41, 5.74) is 0. The van der Waals surface area contributed by atoms with Crippen LogP contribution in [0.3, 0.4) is 0 Å². The van der Waals surface area contributed by atoms with Crippen LogP contribution in [0.5, 0.6) is 0 Å². The first kappa shape index (κ1) is 15.7. The largest absolute Gasteiger partial charge is 0.342 e.